The van der Waals surface area contributed by atoms with Crippen molar-refractivity contribution in [2.24, 2.45) is 23.7 Å². The molecule has 0 aromatic carbocycles. The first-order chi connectivity index (χ1) is 15.8. The summed E-state index contributed by atoms with van der Waals surface area (Å²) in [6.07, 6.45) is 8.98. The second-order valence-corrected chi connectivity index (χ2v) is 10.9. The molecule has 2 N–H and O–H groups in total. The lowest BCUT2D eigenvalue weighted by atomic mass is 9.78. The molecule has 1 heterocycles. The van der Waals surface area contributed by atoms with E-state index in [1.54, 1.807) is 6.92 Å². The third kappa shape index (κ3) is 4.48. The number of esters is 1. The van der Waals surface area contributed by atoms with Gasteiger partial charge in [0.05, 0.1) is 24.0 Å². The van der Waals surface area contributed by atoms with E-state index in [4.69, 9.17) is 4.74 Å². The molecule has 2 saturated carbocycles. The number of allylic oxidation sites excluding steroid dienone is 2. The van der Waals surface area contributed by atoms with Crippen LogP contribution in [0.1, 0.15) is 86.5 Å². The standard InChI is InChI=1S/C26H35NO5S/c1-4-32-26(31)22-15-10-8-6-5-7-9-11-18(15)33-24(22)27-23(28)20-16-12-13-17(19(16)14(2)3)21(20)25(29)30/h16-17,20-21H,4-13H2,1-3H3,(H,27,28)(H,29,30). The first kappa shape index (κ1) is 24.0. The van der Waals surface area contributed by atoms with Crippen molar-refractivity contribution in [2.45, 2.75) is 78.6 Å². The van der Waals surface area contributed by atoms with Gasteiger partial charge in [0.2, 0.25) is 5.91 Å². The van der Waals surface area contributed by atoms with Gasteiger partial charge in [-0.3, -0.25) is 9.59 Å². The number of hydrogen-bond acceptors (Lipinski definition) is 5. The molecular weight excluding hydrogens is 438 g/mol. The summed E-state index contributed by atoms with van der Waals surface area (Å²) in [6, 6.07) is 0. The van der Waals surface area contributed by atoms with Crippen LogP contribution in [0.25, 0.3) is 0 Å². The lowest BCUT2D eigenvalue weighted by Gasteiger charge is -2.26. The van der Waals surface area contributed by atoms with Crippen molar-refractivity contribution in [3.8, 4) is 0 Å². The second kappa shape index (κ2) is 10.00. The normalized spacial score (nSPS) is 26.7. The highest BCUT2D eigenvalue weighted by Crippen LogP contribution is 2.57. The van der Waals surface area contributed by atoms with Crippen LogP contribution in [0.5, 0.6) is 0 Å². The van der Waals surface area contributed by atoms with E-state index in [0.717, 1.165) is 66.5 Å². The topological polar surface area (TPSA) is 92.7 Å². The fourth-order valence-electron chi connectivity index (χ4n) is 6.40. The molecular formula is C26H35NO5S. The van der Waals surface area contributed by atoms with Crippen molar-refractivity contribution in [2.75, 3.05) is 11.9 Å². The molecule has 0 radical (unpaired) electrons. The van der Waals surface area contributed by atoms with Crippen molar-refractivity contribution in [3.63, 3.8) is 0 Å². The zero-order valence-electron chi connectivity index (χ0n) is 19.9. The number of thiophene rings is 1. The predicted molar refractivity (Wildman–Crippen MR) is 129 cm³/mol. The molecule has 0 aliphatic heterocycles. The molecule has 0 spiro atoms. The van der Waals surface area contributed by atoms with Crippen LogP contribution >= 0.6 is 11.3 Å². The van der Waals surface area contributed by atoms with Gasteiger partial charge >= 0.3 is 11.9 Å². The molecule has 3 aliphatic rings. The van der Waals surface area contributed by atoms with Gasteiger partial charge in [0.1, 0.15) is 5.00 Å². The summed E-state index contributed by atoms with van der Waals surface area (Å²) in [5.41, 5.74) is 3.79. The number of carboxylic acid groups (broad SMARTS) is 1. The van der Waals surface area contributed by atoms with E-state index in [1.807, 2.05) is 13.8 Å². The maximum absolute atomic E-state index is 13.6. The highest BCUT2D eigenvalue weighted by molar-refractivity contribution is 7.17. The molecule has 7 heteroatoms. The number of ether oxygens (including phenoxy) is 1. The summed E-state index contributed by atoms with van der Waals surface area (Å²) in [5.74, 6) is -2.97. The van der Waals surface area contributed by atoms with Gasteiger partial charge in [-0.25, -0.2) is 4.79 Å². The molecule has 6 nitrogen and oxygen atoms in total. The lowest BCUT2D eigenvalue weighted by molar-refractivity contribution is -0.148. The number of fused-ring (bicyclic) bond motifs is 3. The number of nitrogens with one attached hydrogen (secondary N) is 1. The Labute approximate surface area is 199 Å². The van der Waals surface area contributed by atoms with Crippen molar-refractivity contribution in [3.05, 3.63) is 27.2 Å². The number of amides is 1. The molecule has 2 fully saturated rings. The summed E-state index contributed by atoms with van der Waals surface area (Å²) in [5, 5.41) is 13.5. The minimum atomic E-state index is -0.901. The van der Waals surface area contributed by atoms with Crippen molar-refractivity contribution in [1.82, 2.24) is 0 Å². The molecule has 0 saturated heterocycles. The third-order valence-electron chi connectivity index (χ3n) is 7.64. The Morgan fingerprint density at radius 2 is 1.64 bits per heavy atom. The Balaban J connectivity index is 1.68. The Kier molecular flexibility index (Phi) is 7.27. The third-order valence-corrected chi connectivity index (χ3v) is 8.85. The van der Waals surface area contributed by atoms with E-state index in [-0.39, 0.29) is 24.3 Å². The summed E-state index contributed by atoms with van der Waals surface area (Å²) < 4.78 is 5.38. The zero-order valence-corrected chi connectivity index (χ0v) is 20.7. The molecule has 3 aliphatic carbocycles. The fraction of sp³-hybridized carbons (Fsp3) is 0.654. The molecule has 1 amide bonds. The van der Waals surface area contributed by atoms with Crippen LogP contribution in [0, 0.1) is 23.7 Å². The molecule has 2 bridgehead atoms. The Morgan fingerprint density at radius 1 is 1.00 bits per heavy atom. The van der Waals surface area contributed by atoms with Crippen LogP contribution < -0.4 is 5.32 Å². The van der Waals surface area contributed by atoms with E-state index in [2.05, 4.69) is 5.32 Å². The Hall–Kier alpha value is -2.15. The summed E-state index contributed by atoms with van der Waals surface area (Å²) >= 11 is 1.48. The molecule has 4 atom stereocenters. The molecule has 180 valence electrons. The fourth-order valence-corrected chi connectivity index (χ4v) is 7.68. The summed E-state index contributed by atoms with van der Waals surface area (Å²) in [4.78, 5) is 39.9. The van der Waals surface area contributed by atoms with Gasteiger partial charge in [-0.15, -0.1) is 11.3 Å². The van der Waals surface area contributed by atoms with E-state index in [9.17, 15) is 19.5 Å². The summed E-state index contributed by atoms with van der Waals surface area (Å²) in [6.45, 7) is 6.08. The first-order valence-electron chi connectivity index (χ1n) is 12.4. The highest BCUT2D eigenvalue weighted by Gasteiger charge is 2.57. The maximum Gasteiger partial charge on any atom is 0.341 e. The summed E-state index contributed by atoms with van der Waals surface area (Å²) in [7, 11) is 0. The van der Waals surface area contributed by atoms with E-state index >= 15 is 0 Å². The number of carboxylic acids is 1. The molecule has 1 aromatic rings. The number of aryl methyl sites for hydroxylation is 1. The van der Waals surface area contributed by atoms with Crippen LogP contribution in [0.4, 0.5) is 5.00 Å². The molecule has 33 heavy (non-hydrogen) atoms. The van der Waals surface area contributed by atoms with Gasteiger partial charge in [-0.2, -0.15) is 0 Å². The number of rotatable bonds is 5. The van der Waals surface area contributed by atoms with Crippen LogP contribution in [0.2, 0.25) is 0 Å². The second-order valence-electron chi connectivity index (χ2n) is 9.82. The van der Waals surface area contributed by atoms with E-state index in [1.165, 1.54) is 24.2 Å². The van der Waals surface area contributed by atoms with Crippen molar-refractivity contribution >= 4 is 34.2 Å². The van der Waals surface area contributed by atoms with Crippen molar-refractivity contribution < 1.29 is 24.2 Å². The number of hydrogen-bond donors (Lipinski definition) is 2. The quantitative estimate of drug-likeness (QED) is 0.429. The van der Waals surface area contributed by atoms with Gasteiger partial charge in [0.15, 0.2) is 0 Å². The first-order valence-corrected chi connectivity index (χ1v) is 13.2. The SMILES string of the molecule is CCOC(=O)c1c(NC(=O)C2C3CCC(C3=C(C)C)C2C(=O)O)sc2c1CCCCCCC2. The monoisotopic (exact) mass is 473 g/mol. The zero-order chi connectivity index (χ0) is 23.7. The minimum Gasteiger partial charge on any atom is -0.481 e. The number of aliphatic carboxylic acids is 1. The predicted octanol–water partition coefficient (Wildman–Crippen LogP) is 5.61. The number of carbonyl (C=O) groups excluding carboxylic acids is 2. The lowest BCUT2D eigenvalue weighted by Crippen LogP contribution is -2.38. The van der Waals surface area contributed by atoms with Crippen LogP contribution in [-0.2, 0) is 27.2 Å². The van der Waals surface area contributed by atoms with Gasteiger partial charge in [0.25, 0.3) is 0 Å². The van der Waals surface area contributed by atoms with Gasteiger partial charge in [-0.1, -0.05) is 30.4 Å². The van der Waals surface area contributed by atoms with Crippen LogP contribution in [0.3, 0.4) is 0 Å². The largest absolute Gasteiger partial charge is 0.481 e. The average Bonchev–Trinajstić information content (AvgIpc) is 3.43. The van der Waals surface area contributed by atoms with E-state index < -0.39 is 23.8 Å². The van der Waals surface area contributed by atoms with Crippen LogP contribution in [-0.4, -0.2) is 29.6 Å². The van der Waals surface area contributed by atoms with Gasteiger partial charge in [0, 0.05) is 4.88 Å². The van der Waals surface area contributed by atoms with Gasteiger partial charge in [-0.05, 0) is 76.7 Å². The maximum atomic E-state index is 13.6. The molecule has 4 rings (SSSR count). The van der Waals surface area contributed by atoms with E-state index in [0.29, 0.717) is 10.6 Å². The molecule has 1 aromatic heterocycles. The number of carbonyl (C=O) groups is 3. The average molecular weight is 474 g/mol. The van der Waals surface area contributed by atoms with Crippen molar-refractivity contribution in [1.29, 1.82) is 0 Å². The van der Waals surface area contributed by atoms with Gasteiger partial charge < -0.3 is 15.2 Å². The van der Waals surface area contributed by atoms with Crippen LogP contribution in [0.15, 0.2) is 11.1 Å². The minimum absolute atomic E-state index is 0.0309. The number of anilines is 1. The smallest absolute Gasteiger partial charge is 0.341 e. The Morgan fingerprint density at radius 3 is 2.27 bits per heavy atom. The Bertz CT molecular complexity index is 974. The highest BCUT2D eigenvalue weighted by atomic mass is 32.1. The molecule has 4 unspecified atom stereocenters.